The van der Waals surface area contributed by atoms with E-state index in [4.69, 9.17) is 0 Å². The maximum absolute atomic E-state index is 4.29. The molecule has 0 fully saturated rings. The molecule has 0 spiro atoms. The van der Waals surface area contributed by atoms with E-state index in [1.807, 2.05) is 42.9 Å². The van der Waals surface area contributed by atoms with Gasteiger partial charge in [-0.2, -0.15) is 0 Å². The number of aromatic nitrogens is 3. The van der Waals surface area contributed by atoms with Crippen molar-refractivity contribution in [2.45, 2.75) is 0 Å². The Bertz CT molecular complexity index is 581. The van der Waals surface area contributed by atoms with Crippen LogP contribution in [0.15, 0.2) is 67.5 Å². The summed E-state index contributed by atoms with van der Waals surface area (Å²) < 4.78 is 0. The molecule has 0 N–H and O–H groups in total. The standard InChI is InChI=1S/C15H11N3/c1-2-13(9-17-5-1)15-8-14(10-18-11-15)12-3-6-16-7-4-12/h1-11H. The Labute approximate surface area is 105 Å². The number of nitrogens with zero attached hydrogens (tertiary/aromatic N) is 3. The van der Waals surface area contributed by atoms with Gasteiger partial charge in [0, 0.05) is 53.9 Å². The van der Waals surface area contributed by atoms with E-state index >= 15 is 0 Å². The van der Waals surface area contributed by atoms with Crippen LogP contribution in [0.25, 0.3) is 22.3 Å². The van der Waals surface area contributed by atoms with Gasteiger partial charge in [-0.15, -0.1) is 0 Å². The van der Waals surface area contributed by atoms with Crippen molar-refractivity contribution in [2.24, 2.45) is 0 Å². The van der Waals surface area contributed by atoms with Crippen LogP contribution >= 0.6 is 0 Å². The molecular formula is C15H11N3. The minimum Gasteiger partial charge on any atom is -0.265 e. The SMILES string of the molecule is c1cncc(-c2cncc(-c3ccncc3)c2)c1. The van der Waals surface area contributed by atoms with E-state index in [-0.39, 0.29) is 0 Å². The number of hydrogen-bond acceptors (Lipinski definition) is 3. The van der Waals surface area contributed by atoms with E-state index in [2.05, 4.69) is 21.0 Å². The molecule has 3 aromatic heterocycles. The van der Waals surface area contributed by atoms with Crippen molar-refractivity contribution in [1.82, 2.24) is 15.0 Å². The van der Waals surface area contributed by atoms with Gasteiger partial charge in [-0.3, -0.25) is 15.0 Å². The molecule has 0 atom stereocenters. The zero-order chi connectivity index (χ0) is 12.2. The van der Waals surface area contributed by atoms with Gasteiger partial charge >= 0.3 is 0 Å². The Morgan fingerprint density at radius 1 is 0.556 bits per heavy atom. The summed E-state index contributed by atoms with van der Waals surface area (Å²) in [5.41, 5.74) is 4.33. The Hall–Kier alpha value is -2.55. The fraction of sp³-hybridized carbons (Fsp3) is 0. The first-order valence-electron chi connectivity index (χ1n) is 5.69. The summed E-state index contributed by atoms with van der Waals surface area (Å²) >= 11 is 0. The van der Waals surface area contributed by atoms with Crippen molar-refractivity contribution in [3.8, 4) is 22.3 Å². The third kappa shape index (κ3) is 2.11. The second-order valence-electron chi connectivity index (χ2n) is 3.94. The second-order valence-corrected chi connectivity index (χ2v) is 3.94. The van der Waals surface area contributed by atoms with Crippen LogP contribution in [0.5, 0.6) is 0 Å². The Kier molecular flexibility index (Phi) is 2.80. The van der Waals surface area contributed by atoms with Crippen LogP contribution in [-0.4, -0.2) is 15.0 Å². The van der Waals surface area contributed by atoms with Crippen LogP contribution in [-0.2, 0) is 0 Å². The molecule has 18 heavy (non-hydrogen) atoms. The maximum Gasteiger partial charge on any atom is 0.0347 e. The summed E-state index contributed by atoms with van der Waals surface area (Å²) in [6.45, 7) is 0. The van der Waals surface area contributed by atoms with Crippen LogP contribution in [0.1, 0.15) is 0 Å². The number of hydrogen-bond donors (Lipinski definition) is 0. The van der Waals surface area contributed by atoms with Crippen molar-refractivity contribution >= 4 is 0 Å². The summed E-state index contributed by atoms with van der Waals surface area (Å²) in [5, 5.41) is 0. The molecule has 0 aliphatic heterocycles. The second kappa shape index (κ2) is 4.75. The van der Waals surface area contributed by atoms with Crippen molar-refractivity contribution in [3.05, 3.63) is 67.5 Å². The van der Waals surface area contributed by atoms with Crippen LogP contribution in [0.3, 0.4) is 0 Å². The minimum absolute atomic E-state index is 1.07. The summed E-state index contributed by atoms with van der Waals surface area (Å²) in [4.78, 5) is 12.4. The quantitative estimate of drug-likeness (QED) is 0.682. The van der Waals surface area contributed by atoms with Gasteiger partial charge < -0.3 is 0 Å². The van der Waals surface area contributed by atoms with Crippen molar-refractivity contribution in [3.63, 3.8) is 0 Å². The van der Waals surface area contributed by atoms with Gasteiger partial charge in [-0.1, -0.05) is 6.07 Å². The Balaban J connectivity index is 2.05. The summed E-state index contributed by atoms with van der Waals surface area (Å²) in [5.74, 6) is 0. The first-order chi connectivity index (χ1) is 8.93. The van der Waals surface area contributed by atoms with Crippen molar-refractivity contribution in [2.75, 3.05) is 0 Å². The molecule has 0 aliphatic carbocycles. The Morgan fingerprint density at radius 3 is 2.00 bits per heavy atom. The van der Waals surface area contributed by atoms with Crippen LogP contribution in [0.4, 0.5) is 0 Å². The fourth-order valence-electron chi connectivity index (χ4n) is 1.83. The van der Waals surface area contributed by atoms with Gasteiger partial charge in [0.2, 0.25) is 0 Å². The molecule has 3 aromatic rings. The number of pyridine rings is 3. The lowest BCUT2D eigenvalue weighted by Crippen LogP contribution is -1.84. The molecule has 0 aliphatic rings. The molecule has 3 heteroatoms. The van der Waals surface area contributed by atoms with E-state index in [1.165, 1.54) is 0 Å². The van der Waals surface area contributed by atoms with E-state index in [0.29, 0.717) is 0 Å². The molecule has 0 saturated heterocycles. The van der Waals surface area contributed by atoms with Crippen LogP contribution < -0.4 is 0 Å². The molecule has 3 heterocycles. The first kappa shape index (κ1) is 10.6. The summed E-state index contributed by atoms with van der Waals surface area (Å²) in [6, 6.07) is 10.0. The molecule has 0 amide bonds. The zero-order valence-electron chi connectivity index (χ0n) is 9.69. The predicted octanol–water partition coefficient (Wildman–Crippen LogP) is 3.21. The first-order valence-corrected chi connectivity index (χ1v) is 5.69. The largest absolute Gasteiger partial charge is 0.265 e. The molecule has 3 rings (SSSR count). The predicted molar refractivity (Wildman–Crippen MR) is 70.7 cm³/mol. The molecular weight excluding hydrogens is 222 g/mol. The van der Waals surface area contributed by atoms with Gasteiger partial charge in [0.1, 0.15) is 0 Å². The maximum atomic E-state index is 4.29. The number of rotatable bonds is 2. The topological polar surface area (TPSA) is 38.7 Å². The summed E-state index contributed by atoms with van der Waals surface area (Å²) in [6.07, 6.45) is 10.9. The molecule has 0 unspecified atom stereocenters. The highest BCUT2D eigenvalue weighted by molar-refractivity contribution is 5.70. The van der Waals surface area contributed by atoms with E-state index in [1.54, 1.807) is 18.6 Å². The average Bonchev–Trinajstić information content (AvgIpc) is 2.49. The van der Waals surface area contributed by atoms with Crippen molar-refractivity contribution in [1.29, 1.82) is 0 Å². The normalized spacial score (nSPS) is 10.2. The zero-order valence-corrected chi connectivity index (χ0v) is 9.69. The molecule has 0 radical (unpaired) electrons. The highest BCUT2D eigenvalue weighted by Gasteiger charge is 2.01. The van der Waals surface area contributed by atoms with Crippen LogP contribution in [0, 0.1) is 0 Å². The van der Waals surface area contributed by atoms with E-state index in [9.17, 15) is 0 Å². The van der Waals surface area contributed by atoms with Gasteiger partial charge in [0.25, 0.3) is 0 Å². The van der Waals surface area contributed by atoms with Gasteiger partial charge in [-0.05, 0) is 29.8 Å². The van der Waals surface area contributed by atoms with Gasteiger partial charge in [-0.25, -0.2) is 0 Å². The summed E-state index contributed by atoms with van der Waals surface area (Å²) in [7, 11) is 0. The lowest BCUT2D eigenvalue weighted by Gasteiger charge is -2.04. The monoisotopic (exact) mass is 233 g/mol. The minimum atomic E-state index is 1.07. The van der Waals surface area contributed by atoms with Gasteiger partial charge in [0.05, 0.1) is 0 Å². The molecule has 0 saturated carbocycles. The average molecular weight is 233 g/mol. The highest BCUT2D eigenvalue weighted by atomic mass is 14.6. The van der Waals surface area contributed by atoms with Gasteiger partial charge in [0.15, 0.2) is 0 Å². The molecule has 0 aromatic carbocycles. The Morgan fingerprint density at radius 2 is 1.28 bits per heavy atom. The van der Waals surface area contributed by atoms with E-state index < -0.39 is 0 Å². The molecule has 3 nitrogen and oxygen atoms in total. The third-order valence-electron chi connectivity index (χ3n) is 2.75. The lowest BCUT2D eigenvalue weighted by atomic mass is 10.0. The molecule has 0 bridgehead atoms. The van der Waals surface area contributed by atoms with Crippen LogP contribution in [0.2, 0.25) is 0 Å². The third-order valence-corrected chi connectivity index (χ3v) is 2.75. The van der Waals surface area contributed by atoms with Crippen molar-refractivity contribution < 1.29 is 0 Å². The van der Waals surface area contributed by atoms with E-state index in [0.717, 1.165) is 22.3 Å². The lowest BCUT2D eigenvalue weighted by molar-refractivity contribution is 1.29. The highest BCUT2D eigenvalue weighted by Crippen LogP contribution is 2.23. The fourth-order valence-corrected chi connectivity index (χ4v) is 1.83. The molecule has 86 valence electrons. The smallest absolute Gasteiger partial charge is 0.0347 e.